The number of nitrogens with one attached hydrogen (secondary N) is 1. The van der Waals surface area contributed by atoms with Crippen LogP contribution in [0.3, 0.4) is 0 Å². The summed E-state index contributed by atoms with van der Waals surface area (Å²) in [7, 11) is 0. The van der Waals surface area contributed by atoms with Crippen LogP contribution >= 0.6 is 11.6 Å². The van der Waals surface area contributed by atoms with Crippen LogP contribution in [-0.4, -0.2) is 22.6 Å². The Hall–Kier alpha value is -2.53. The van der Waals surface area contributed by atoms with Gasteiger partial charge in [-0.3, -0.25) is 4.79 Å². The molecule has 1 amide bonds. The molecule has 0 saturated heterocycles. The van der Waals surface area contributed by atoms with Crippen molar-refractivity contribution in [3.63, 3.8) is 0 Å². The summed E-state index contributed by atoms with van der Waals surface area (Å²) in [6, 6.07) is 15.0. The number of aromatic nitrogens is 2. The van der Waals surface area contributed by atoms with E-state index in [9.17, 15) is 4.79 Å². The monoisotopic (exact) mass is 343 g/mol. The van der Waals surface area contributed by atoms with E-state index in [1.54, 1.807) is 12.1 Å². The first-order valence-electron chi connectivity index (χ1n) is 7.72. The second-order valence-electron chi connectivity index (χ2n) is 5.42. The minimum Gasteiger partial charge on any atom is -0.492 e. The molecule has 0 aliphatic rings. The largest absolute Gasteiger partial charge is 0.492 e. The number of fused-ring (bicyclic) bond motifs is 1. The summed E-state index contributed by atoms with van der Waals surface area (Å²) >= 11 is 5.87. The zero-order valence-corrected chi connectivity index (χ0v) is 14.0. The highest BCUT2D eigenvalue weighted by molar-refractivity contribution is 6.30. The Bertz CT molecular complexity index is 830. The summed E-state index contributed by atoms with van der Waals surface area (Å²) in [5.74, 6) is 1.58. The number of para-hydroxylation sites is 2. The van der Waals surface area contributed by atoms with Crippen molar-refractivity contribution in [1.82, 2.24) is 14.9 Å². The summed E-state index contributed by atoms with van der Waals surface area (Å²) in [6.07, 6.45) is 0.693. The van der Waals surface area contributed by atoms with Gasteiger partial charge >= 0.3 is 0 Å². The van der Waals surface area contributed by atoms with E-state index in [0.29, 0.717) is 24.6 Å². The molecule has 0 bridgehead atoms. The van der Waals surface area contributed by atoms with Crippen LogP contribution in [0.5, 0.6) is 5.75 Å². The van der Waals surface area contributed by atoms with E-state index in [4.69, 9.17) is 16.3 Å². The average Bonchev–Trinajstić information content (AvgIpc) is 2.96. The van der Waals surface area contributed by atoms with Gasteiger partial charge in [0.05, 0.1) is 23.6 Å². The van der Waals surface area contributed by atoms with Gasteiger partial charge in [-0.15, -0.1) is 0 Å². The number of ether oxygens (including phenoxy) is 1. The van der Waals surface area contributed by atoms with Gasteiger partial charge in [-0.25, -0.2) is 4.98 Å². The number of amides is 1. The van der Waals surface area contributed by atoms with E-state index in [1.165, 1.54) is 0 Å². The Morgan fingerprint density at radius 2 is 2.00 bits per heavy atom. The zero-order chi connectivity index (χ0) is 16.9. The van der Waals surface area contributed by atoms with Gasteiger partial charge in [0.2, 0.25) is 6.41 Å². The van der Waals surface area contributed by atoms with Crippen molar-refractivity contribution < 1.29 is 9.53 Å². The van der Waals surface area contributed by atoms with Crippen LogP contribution in [0.15, 0.2) is 48.5 Å². The van der Waals surface area contributed by atoms with E-state index in [2.05, 4.69) is 14.9 Å². The standard InChI is InChI=1S/C18H18ClN3O2/c1-13(20-12-23)18-21-16-4-2-3-5-17(16)22(18)10-11-24-15-8-6-14(19)7-9-15/h2-9,12-13H,10-11H2,1H3,(H,20,23)/t13-/m0/s1. The number of halogens is 1. The number of carbonyl (C=O) groups is 1. The maximum absolute atomic E-state index is 10.8. The average molecular weight is 344 g/mol. The number of imidazole rings is 1. The molecule has 1 aromatic heterocycles. The third-order valence-corrected chi connectivity index (χ3v) is 4.04. The minimum absolute atomic E-state index is 0.176. The quantitative estimate of drug-likeness (QED) is 0.667. The molecule has 0 spiro atoms. The number of hydrogen-bond acceptors (Lipinski definition) is 3. The lowest BCUT2D eigenvalue weighted by atomic mass is 10.3. The van der Waals surface area contributed by atoms with E-state index in [0.717, 1.165) is 22.6 Å². The molecule has 1 heterocycles. The molecule has 124 valence electrons. The summed E-state index contributed by atoms with van der Waals surface area (Å²) < 4.78 is 7.86. The lowest BCUT2D eigenvalue weighted by Crippen LogP contribution is -2.21. The zero-order valence-electron chi connectivity index (χ0n) is 13.3. The fourth-order valence-corrected chi connectivity index (χ4v) is 2.75. The predicted molar refractivity (Wildman–Crippen MR) is 94.3 cm³/mol. The summed E-state index contributed by atoms with van der Waals surface area (Å²) in [5, 5.41) is 3.44. The minimum atomic E-state index is -0.176. The molecule has 1 N–H and O–H groups in total. The third kappa shape index (κ3) is 3.51. The van der Waals surface area contributed by atoms with Crippen molar-refractivity contribution in [1.29, 1.82) is 0 Å². The van der Waals surface area contributed by atoms with Crippen LogP contribution in [0.1, 0.15) is 18.8 Å². The van der Waals surface area contributed by atoms with Gasteiger partial charge < -0.3 is 14.6 Å². The summed E-state index contributed by atoms with van der Waals surface area (Å²) in [5.41, 5.74) is 1.92. The molecule has 6 heteroatoms. The Morgan fingerprint density at radius 3 is 2.75 bits per heavy atom. The number of hydrogen-bond donors (Lipinski definition) is 1. The Labute approximate surface area is 145 Å². The topological polar surface area (TPSA) is 56.2 Å². The SMILES string of the molecule is C[C@H](NC=O)c1nc2ccccc2n1CCOc1ccc(Cl)cc1. The number of rotatable bonds is 7. The van der Waals surface area contributed by atoms with Gasteiger partial charge in [0, 0.05) is 5.02 Å². The van der Waals surface area contributed by atoms with Gasteiger partial charge in [-0.2, -0.15) is 0 Å². The van der Waals surface area contributed by atoms with Crippen LogP contribution in [-0.2, 0) is 11.3 Å². The highest BCUT2D eigenvalue weighted by Gasteiger charge is 2.15. The molecule has 2 aromatic carbocycles. The van der Waals surface area contributed by atoms with Gasteiger partial charge in [0.25, 0.3) is 0 Å². The first kappa shape index (κ1) is 16.3. The summed E-state index contributed by atoms with van der Waals surface area (Å²) in [6.45, 7) is 3.03. The maximum atomic E-state index is 10.8. The Morgan fingerprint density at radius 1 is 1.25 bits per heavy atom. The van der Waals surface area contributed by atoms with Crippen LogP contribution < -0.4 is 10.1 Å². The molecule has 24 heavy (non-hydrogen) atoms. The summed E-state index contributed by atoms with van der Waals surface area (Å²) in [4.78, 5) is 15.4. The van der Waals surface area contributed by atoms with Gasteiger partial charge in [-0.05, 0) is 43.3 Å². The van der Waals surface area contributed by atoms with Crippen molar-refractivity contribution in [2.45, 2.75) is 19.5 Å². The smallest absolute Gasteiger partial charge is 0.207 e. The third-order valence-electron chi connectivity index (χ3n) is 3.79. The molecular formula is C18H18ClN3O2. The molecule has 3 aromatic rings. The van der Waals surface area contributed by atoms with E-state index >= 15 is 0 Å². The van der Waals surface area contributed by atoms with Crippen LogP contribution in [0, 0.1) is 0 Å². The fourth-order valence-electron chi connectivity index (χ4n) is 2.62. The van der Waals surface area contributed by atoms with Crippen molar-refractivity contribution in [3.05, 3.63) is 59.4 Å². The second-order valence-corrected chi connectivity index (χ2v) is 5.86. The van der Waals surface area contributed by atoms with Crippen molar-refractivity contribution in [3.8, 4) is 5.75 Å². The number of nitrogens with zero attached hydrogens (tertiary/aromatic N) is 2. The molecule has 0 fully saturated rings. The first-order chi connectivity index (χ1) is 11.7. The molecule has 5 nitrogen and oxygen atoms in total. The van der Waals surface area contributed by atoms with Crippen LogP contribution in [0.25, 0.3) is 11.0 Å². The van der Waals surface area contributed by atoms with E-state index < -0.39 is 0 Å². The lowest BCUT2D eigenvalue weighted by Gasteiger charge is -2.14. The number of benzene rings is 2. The first-order valence-corrected chi connectivity index (χ1v) is 8.10. The number of carbonyl (C=O) groups excluding carboxylic acids is 1. The lowest BCUT2D eigenvalue weighted by molar-refractivity contribution is -0.110. The van der Waals surface area contributed by atoms with Crippen molar-refractivity contribution in [2.24, 2.45) is 0 Å². The normalized spacial score (nSPS) is 12.1. The molecule has 3 rings (SSSR count). The predicted octanol–water partition coefficient (Wildman–Crippen LogP) is 3.58. The van der Waals surface area contributed by atoms with Crippen molar-refractivity contribution in [2.75, 3.05) is 6.61 Å². The van der Waals surface area contributed by atoms with Crippen molar-refractivity contribution >= 4 is 29.0 Å². The highest BCUT2D eigenvalue weighted by atomic mass is 35.5. The molecule has 0 unspecified atom stereocenters. The maximum Gasteiger partial charge on any atom is 0.207 e. The second kappa shape index (κ2) is 7.36. The molecule has 0 radical (unpaired) electrons. The van der Waals surface area contributed by atoms with Gasteiger partial charge in [0.15, 0.2) is 0 Å². The Balaban J connectivity index is 1.80. The molecule has 0 aliphatic heterocycles. The molecule has 0 aliphatic carbocycles. The van der Waals surface area contributed by atoms with Crippen LogP contribution in [0.4, 0.5) is 0 Å². The molecule has 0 saturated carbocycles. The Kier molecular flexibility index (Phi) is 5.01. The van der Waals surface area contributed by atoms with E-state index in [1.807, 2.05) is 43.3 Å². The fraction of sp³-hybridized carbons (Fsp3) is 0.222. The molecule has 1 atom stereocenters. The van der Waals surface area contributed by atoms with Gasteiger partial charge in [-0.1, -0.05) is 23.7 Å². The highest BCUT2D eigenvalue weighted by Crippen LogP contribution is 2.21. The molecular weight excluding hydrogens is 326 g/mol. The van der Waals surface area contributed by atoms with E-state index in [-0.39, 0.29) is 6.04 Å². The van der Waals surface area contributed by atoms with Crippen LogP contribution in [0.2, 0.25) is 5.02 Å². The van der Waals surface area contributed by atoms with Gasteiger partial charge in [0.1, 0.15) is 18.2 Å².